The van der Waals surface area contributed by atoms with Gasteiger partial charge in [0.1, 0.15) is 23.0 Å². The standard InChI is InChI=1S/C72H44O4/c1-73-42-29-40(30-43(35-42)74-2)61-58-33-38-15-8-9-16-39(38)34-59(58)62(41-31-44(75-3)36-45(32-41)76-4)71-56-27-23-50-52-24-28-57-67-54(25-21-51(64(52)67)49-22-26-55(70(61)71)66(56)63(49)50)69-60(37-13-6-5-7-14-37)53-20-12-19-47-46-17-10-11-18-48(46)68(65(47)53)72(57)69/h5-36H,1-4H3. The van der Waals surface area contributed by atoms with Crippen LogP contribution in [0.1, 0.15) is 0 Å². The summed E-state index contributed by atoms with van der Waals surface area (Å²) in [5.41, 5.74) is 11.6. The molecule has 1 aliphatic rings. The predicted octanol–water partition coefficient (Wildman–Crippen LogP) is 19.4. The molecule has 0 spiro atoms. The van der Waals surface area contributed by atoms with Gasteiger partial charge in [0.25, 0.3) is 0 Å². The number of hydrogen-bond donors (Lipinski definition) is 0. The fourth-order valence-corrected chi connectivity index (χ4v) is 14.4. The highest BCUT2D eigenvalue weighted by Gasteiger charge is 2.34. The van der Waals surface area contributed by atoms with E-state index >= 15 is 0 Å². The van der Waals surface area contributed by atoms with Crippen LogP contribution in [0.25, 0.3) is 174 Å². The second kappa shape index (κ2) is 15.0. The third-order valence-corrected chi connectivity index (χ3v) is 17.3. The van der Waals surface area contributed by atoms with Gasteiger partial charge in [0.05, 0.1) is 28.4 Å². The normalized spacial score (nSPS) is 12.5. The number of fused-ring (bicyclic) bond motifs is 14. The van der Waals surface area contributed by atoms with E-state index in [1.165, 1.54) is 141 Å². The van der Waals surface area contributed by atoms with Crippen LogP contribution < -0.4 is 18.9 Å². The highest BCUT2D eigenvalue weighted by Crippen LogP contribution is 2.62. The molecule has 4 nitrogen and oxygen atoms in total. The summed E-state index contributed by atoms with van der Waals surface area (Å²) in [6.07, 6.45) is 0. The van der Waals surface area contributed by atoms with Crippen molar-refractivity contribution in [2.24, 2.45) is 0 Å². The fraction of sp³-hybridized carbons (Fsp3) is 0.0556. The quantitative estimate of drug-likeness (QED) is 0.118. The molecule has 0 amide bonds. The molecule has 17 rings (SSSR count). The van der Waals surface area contributed by atoms with Crippen LogP contribution >= 0.6 is 0 Å². The second-order valence-corrected chi connectivity index (χ2v) is 20.7. The molecule has 0 aliphatic heterocycles. The molecule has 16 aromatic carbocycles. The predicted molar refractivity (Wildman–Crippen MR) is 320 cm³/mol. The first-order chi connectivity index (χ1) is 37.5. The van der Waals surface area contributed by atoms with Crippen molar-refractivity contribution in [2.75, 3.05) is 28.4 Å². The number of rotatable bonds is 7. The molecule has 0 saturated heterocycles. The van der Waals surface area contributed by atoms with Gasteiger partial charge in [-0.05, 0) is 211 Å². The maximum Gasteiger partial charge on any atom is 0.123 e. The van der Waals surface area contributed by atoms with E-state index in [9.17, 15) is 0 Å². The largest absolute Gasteiger partial charge is 0.497 e. The Balaban J connectivity index is 1.04. The Kier molecular flexibility index (Phi) is 8.25. The average Bonchev–Trinajstić information content (AvgIpc) is 3.55. The van der Waals surface area contributed by atoms with Crippen LogP contribution in [0.15, 0.2) is 194 Å². The summed E-state index contributed by atoms with van der Waals surface area (Å²) in [4.78, 5) is 0. The van der Waals surface area contributed by atoms with Crippen LogP contribution in [0.3, 0.4) is 0 Å². The summed E-state index contributed by atoms with van der Waals surface area (Å²) in [6.45, 7) is 0. The highest BCUT2D eigenvalue weighted by molar-refractivity contribution is 6.51. The van der Waals surface area contributed by atoms with E-state index in [1.54, 1.807) is 28.4 Å². The van der Waals surface area contributed by atoms with E-state index in [0.29, 0.717) is 0 Å². The van der Waals surface area contributed by atoms with E-state index < -0.39 is 0 Å². The Morgan fingerprint density at radius 1 is 0.211 bits per heavy atom. The Labute approximate surface area is 436 Å². The summed E-state index contributed by atoms with van der Waals surface area (Å²) in [7, 11) is 6.91. The molecular weight excluding hydrogens is 929 g/mol. The minimum atomic E-state index is 0.733. The maximum atomic E-state index is 6.01. The van der Waals surface area contributed by atoms with Crippen molar-refractivity contribution in [2.45, 2.75) is 0 Å². The molecule has 0 unspecified atom stereocenters. The lowest BCUT2D eigenvalue weighted by atomic mass is 9.81. The average molecular weight is 973 g/mol. The summed E-state index contributed by atoms with van der Waals surface area (Å²) in [5, 5.41) is 28.1. The van der Waals surface area contributed by atoms with E-state index in [2.05, 4.69) is 182 Å². The summed E-state index contributed by atoms with van der Waals surface area (Å²) >= 11 is 0. The van der Waals surface area contributed by atoms with Gasteiger partial charge in [-0.1, -0.05) is 146 Å². The van der Waals surface area contributed by atoms with Crippen LogP contribution in [0.2, 0.25) is 0 Å². The molecule has 16 aromatic rings. The minimum absolute atomic E-state index is 0.733. The van der Waals surface area contributed by atoms with Gasteiger partial charge in [-0.25, -0.2) is 0 Å². The Bertz CT molecular complexity index is 4990. The van der Waals surface area contributed by atoms with Crippen LogP contribution in [0.5, 0.6) is 23.0 Å². The van der Waals surface area contributed by atoms with Gasteiger partial charge in [-0.15, -0.1) is 0 Å². The Morgan fingerprint density at radius 3 is 1.14 bits per heavy atom. The molecule has 0 heterocycles. The fourth-order valence-electron chi connectivity index (χ4n) is 14.4. The lowest BCUT2D eigenvalue weighted by molar-refractivity contribution is 0.394. The van der Waals surface area contributed by atoms with E-state index in [4.69, 9.17) is 18.9 Å². The van der Waals surface area contributed by atoms with Crippen LogP contribution in [-0.2, 0) is 0 Å². The summed E-state index contributed by atoms with van der Waals surface area (Å²) < 4.78 is 24.0. The smallest absolute Gasteiger partial charge is 0.123 e. The van der Waals surface area contributed by atoms with Gasteiger partial charge in [-0.2, -0.15) is 0 Å². The molecule has 0 saturated carbocycles. The third kappa shape index (κ3) is 5.23. The van der Waals surface area contributed by atoms with Gasteiger partial charge in [-0.3, -0.25) is 0 Å². The van der Waals surface area contributed by atoms with Crippen molar-refractivity contribution in [1.82, 2.24) is 0 Å². The lowest BCUT2D eigenvalue weighted by Gasteiger charge is -2.22. The molecule has 0 aromatic heterocycles. The zero-order chi connectivity index (χ0) is 50.2. The third-order valence-electron chi connectivity index (χ3n) is 17.3. The Hall–Kier alpha value is -9.64. The van der Waals surface area contributed by atoms with Gasteiger partial charge >= 0.3 is 0 Å². The molecule has 1 aliphatic carbocycles. The molecule has 0 bridgehead atoms. The topological polar surface area (TPSA) is 36.9 Å². The van der Waals surface area contributed by atoms with Crippen molar-refractivity contribution in [3.63, 3.8) is 0 Å². The Morgan fingerprint density at radius 2 is 0.592 bits per heavy atom. The van der Waals surface area contributed by atoms with E-state index in [1.807, 2.05) is 12.1 Å². The monoisotopic (exact) mass is 972 g/mol. The van der Waals surface area contributed by atoms with Crippen molar-refractivity contribution >= 4 is 118 Å². The molecule has 0 fully saturated rings. The van der Waals surface area contributed by atoms with Crippen LogP contribution in [0, 0.1) is 0 Å². The van der Waals surface area contributed by atoms with Gasteiger partial charge in [0.2, 0.25) is 0 Å². The molecule has 76 heavy (non-hydrogen) atoms. The zero-order valence-electron chi connectivity index (χ0n) is 42.1. The van der Waals surface area contributed by atoms with Crippen molar-refractivity contribution in [1.29, 1.82) is 0 Å². The number of benzene rings is 14. The van der Waals surface area contributed by atoms with Crippen molar-refractivity contribution in [3.05, 3.63) is 194 Å². The summed E-state index contributed by atoms with van der Waals surface area (Å²) in [5.74, 6) is 2.93. The van der Waals surface area contributed by atoms with Crippen molar-refractivity contribution in [3.8, 4) is 78.6 Å². The first-order valence-corrected chi connectivity index (χ1v) is 26.0. The SMILES string of the molecule is COc1cc(OC)cc(-c2c3c(c(-c4cc(OC)cc(OC)c4)c4cc5ccccc5cc24)-c2ccc4c5ccc6c7c(ccc(c8ccc-3c2c84)c57)c2c(-c3ccccc3)c3cccc4c5ccccc5c(c34)c62)c1. The lowest BCUT2D eigenvalue weighted by Crippen LogP contribution is -1.96. The van der Waals surface area contributed by atoms with Gasteiger partial charge in [0, 0.05) is 12.1 Å². The maximum absolute atomic E-state index is 6.01. The van der Waals surface area contributed by atoms with Gasteiger partial charge < -0.3 is 18.9 Å². The second-order valence-electron chi connectivity index (χ2n) is 20.7. The molecule has 4 heteroatoms. The molecular formula is C72H44O4. The first-order valence-electron chi connectivity index (χ1n) is 26.0. The highest BCUT2D eigenvalue weighted by atomic mass is 16.5. The molecule has 0 N–H and O–H groups in total. The zero-order valence-corrected chi connectivity index (χ0v) is 42.1. The van der Waals surface area contributed by atoms with Crippen LogP contribution in [-0.4, -0.2) is 28.4 Å². The first kappa shape index (κ1) is 41.8. The van der Waals surface area contributed by atoms with Crippen molar-refractivity contribution < 1.29 is 18.9 Å². The van der Waals surface area contributed by atoms with E-state index in [-0.39, 0.29) is 0 Å². The summed E-state index contributed by atoms with van der Waals surface area (Å²) in [6, 6.07) is 72.4. The molecule has 0 atom stereocenters. The molecule has 356 valence electrons. The van der Waals surface area contributed by atoms with E-state index in [0.717, 1.165) is 56.0 Å². The van der Waals surface area contributed by atoms with Crippen LogP contribution in [0.4, 0.5) is 0 Å². The van der Waals surface area contributed by atoms with Gasteiger partial charge in [0.15, 0.2) is 0 Å². The number of ether oxygens (including phenoxy) is 4. The molecule has 0 radical (unpaired) electrons. The number of methoxy groups -OCH3 is 4. The number of hydrogen-bond acceptors (Lipinski definition) is 4. The minimum Gasteiger partial charge on any atom is -0.497 e.